The van der Waals surface area contributed by atoms with Gasteiger partial charge in [0.1, 0.15) is 5.69 Å². The van der Waals surface area contributed by atoms with Gasteiger partial charge in [-0.2, -0.15) is 5.11 Å². The van der Waals surface area contributed by atoms with Crippen LogP contribution in [0.25, 0.3) is 21.0 Å². The smallest absolute Gasteiger partial charge is 0.259 e. The number of aromatic hydroxyl groups is 1. The SMILES string of the molecule is CCCCc1ccc2nc(N=Nc3ccc(N=Nc4c(O)c(C(=O)Nc5ccccc5)cc5ccccc45)cc3)sc2c1. The topological polar surface area (TPSA) is 112 Å². The summed E-state index contributed by atoms with van der Waals surface area (Å²) in [5.41, 5.74) is 4.39. The lowest BCUT2D eigenvalue weighted by Gasteiger charge is -2.11. The zero-order valence-electron chi connectivity index (χ0n) is 23.4. The molecule has 5 aromatic carbocycles. The molecule has 43 heavy (non-hydrogen) atoms. The summed E-state index contributed by atoms with van der Waals surface area (Å²) in [6, 6.07) is 31.6. The summed E-state index contributed by atoms with van der Waals surface area (Å²) in [6.45, 7) is 2.19. The first kappa shape index (κ1) is 27.9. The van der Waals surface area contributed by atoms with E-state index in [-0.39, 0.29) is 17.0 Å². The number of phenolic OH excluding ortho intramolecular Hbond substituents is 1. The first-order valence-electron chi connectivity index (χ1n) is 14.0. The molecule has 0 atom stereocenters. The average molecular weight is 585 g/mol. The number of azo groups is 2. The van der Waals surface area contributed by atoms with Crippen molar-refractivity contribution in [2.24, 2.45) is 20.5 Å². The number of nitrogens with zero attached hydrogens (tertiary/aromatic N) is 5. The van der Waals surface area contributed by atoms with Crippen LogP contribution in [0.1, 0.15) is 35.7 Å². The van der Waals surface area contributed by atoms with Crippen molar-refractivity contribution in [3.05, 3.63) is 114 Å². The molecular weight excluding hydrogens is 556 g/mol. The summed E-state index contributed by atoms with van der Waals surface area (Å²) in [5, 5.41) is 33.3. The second kappa shape index (κ2) is 12.7. The van der Waals surface area contributed by atoms with Crippen LogP contribution in [0.15, 0.2) is 124 Å². The van der Waals surface area contributed by atoms with Crippen LogP contribution in [0.5, 0.6) is 5.75 Å². The van der Waals surface area contributed by atoms with Gasteiger partial charge in [-0.3, -0.25) is 4.79 Å². The third-order valence-electron chi connectivity index (χ3n) is 6.90. The Hall–Kier alpha value is -5.28. The fraction of sp³-hybridized carbons (Fsp3) is 0.118. The number of benzene rings is 5. The van der Waals surface area contributed by atoms with Gasteiger partial charge in [-0.25, -0.2) is 4.98 Å². The van der Waals surface area contributed by atoms with E-state index in [9.17, 15) is 9.90 Å². The largest absolute Gasteiger partial charge is 0.505 e. The molecule has 0 saturated carbocycles. The minimum atomic E-state index is -0.439. The van der Waals surface area contributed by atoms with Crippen LogP contribution in [0.4, 0.5) is 27.9 Å². The van der Waals surface area contributed by atoms with Gasteiger partial charge in [-0.15, -0.1) is 15.3 Å². The first-order chi connectivity index (χ1) is 21.1. The summed E-state index contributed by atoms with van der Waals surface area (Å²) in [5.74, 6) is -0.680. The Labute approximate surface area is 252 Å². The average Bonchev–Trinajstić information content (AvgIpc) is 3.45. The predicted octanol–water partition coefficient (Wildman–Crippen LogP) is 10.6. The van der Waals surface area contributed by atoms with Crippen LogP contribution in [0.2, 0.25) is 0 Å². The van der Waals surface area contributed by atoms with Crippen LogP contribution in [0.3, 0.4) is 0 Å². The number of hydrogen-bond acceptors (Lipinski definition) is 8. The molecule has 0 bridgehead atoms. The van der Waals surface area contributed by atoms with E-state index in [0.29, 0.717) is 27.6 Å². The molecule has 6 aromatic rings. The minimum absolute atomic E-state index is 0.110. The van der Waals surface area contributed by atoms with Gasteiger partial charge in [-0.1, -0.05) is 73.2 Å². The number of para-hydroxylation sites is 1. The van der Waals surface area contributed by atoms with Crippen LogP contribution in [0, 0.1) is 0 Å². The van der Waals surface area contributed by atoms with Crippen molar-refractivity contribution in [1.29, 1.82) is 0 Å². The number of phenols is 1. The van der Waals surface area contributed by atoms with Crippen molar-refractivity contribution in [3.8, 4) is 5.75 Å². The summed E-state index contributed by atoms with van der Waals surface area (Å²) < 4.78 is 1.11. The van der Waals surface area contributed by atoms with Crippen molar-refractivity contribution in [2.45, 2.75) is 26.2 Å². The highest BCUT2D eigenvalue weighted by Crippen LogP contribution is 2.40. The second-order valence-electron chi connectivity index (χ2n) is 9.98. The number of anilines is 1. The van der Waals surface area contributed by atoms with Gasteiger partial charge in [0.05, 0.1) is 27.2 Å². The molecule has 0 aliphatic carbocycles. The van der Waals surface area contributed by atoms with Crippen LogP contribution in [-0.2, 0) is 6.42 Å². The van der Waals surface area contributed by atoms with Gasteiger partial charge in [-0.05, 0) is 78.4 Å². The van der Waals surface area contributed by atoms with Gasteiger partial charge in [0, 0.05) is 11.1 Å². The zero-order valence-corrected chi connectivity index (χ0v) is 24.3. The molecule has 212 valence electrons. The second-order valence-corrected chi connectivity index (χ2v) is 11.0. The summed E-state index contributed by atoms with van der Waals surface area (Å²) in [6.07, 6.45) is 3.40. The fourth-order valence-corrected chi connectivity index (χ4v) is 5.49. The maximum atomic E-state index is 13.0. The molecular formula is C34H28N6O2S. The van der Waals surface area contributed by atoms with Gasteiger partial charge in [0.2, 0.25) is 5.13 Å². The standard InChI is InChI=1S/C34H28N6O2S/c1-2-3-9-22-14-19-29-30(20-22)43-34(36-29)40-38-26-17-15-25(16-18-26)37-39-31-27-13-8-7-10-23(27)21-28(32(31)41)33(42)35-24-11-5-4-6-12-24/h4-8,10-21,41H,2-3,9H2,1H3,(H,35,42). The van der Waals surface area contributed by atoms with E-state index in [1.807, 2.05) is 48.5 Å². The van der Waals surface area contributed by atoms with E-state index < -0.39 is 5.91 Å². The maximum Gasteiger partial charge on any atom is 0.259 e. The number of carbonyl (C=O) groups is 1. The fourth-order valence-electron chi connectivity index (χ4n) is 4.64. The Balaban J connectivity index is 1.21. The lowest BCUT2D eigenvalue weighted by molar-refractivity contribution is 0.102. The number of aryl methyl sites for hydroxylation is 1. The van der Waals surface area contributed by atoms with Gasteiger partial charge in [0.25, 0.3) is 5.91 Å². The predicted molar refractivity (Wildman–Crippen MR) is 173 cm³/mol. The van der Waals surface area contributed by atoms with Crippen LogP contribution in [-0.4, -0.2) is 16.0 Å². The van der Waals surface area contributed by atoms with Crippen LogP contribution >= 0.6 is 11.3 Å². The van der Waals surface area contributed by atoms with E-state index in [1.165, 1.54) is 29.7 Å². The highest BCUT2D eigenvalue weighted by molar-refractivity contribution is 7.21. The molecule has 0 saturated heterocycles. The molecule has 0 spiro atoms. The number of carbonyl (C=O) groups excluding carboxylic acids is 1. The maximum absolute atomic E-state index is 13.0. The number of nitrogens with one attached hydrogen (secondary N) is 1. The molecule has 1 amide bonds. The summed E-state index contributed by atoms with van der Waals surface area (Å²) >= 11 is 1.52. The number of hydrogen-bond donors (Lipinski definition) is 2. The van der Waals surface area contributed by atoms with Gasteiger partial charge in [0.15, 0.2) is 5.75 Å². The number of rotatable bonds is 9. The van der Waals surface area contributed by atoms with E-state index in [1.54, 1.807) is 42.5 Å². The first-order valence-corrected chi connectivity index (χ1v) is 14.8. The Morgan fingerprint density at radius 2 is 1.56 bits per heavy atom. The zero-order chi connectivity index (χ0) is 29.6. The number of unbranched alkanes of at least 4 members (excludes halogenated alkanes) is 1. The van der Waals surface area contributed by atoms with E-state index in [4.69, 9.17) is 0 Å². The lowest BCUT2D eigenvalue weighted by Crippen LogP contribution is -2.12. The highest BCUT2D eigenvalue weighted by Gasteiger charge is 2.18. The summed E-state index contributed by atoms with van der Waals surface area (Å²) in [7, 11) is 0. The van der Waals surface area contributed by atoms with E-state index in [2.05, 4.69) is 49.8 Å². The molecule has 0 aliphatic rings. The number of fused-ring (bicyclic) bond motifs is 2. The molecule has 8 nitrogen and oxygen atoms in total. The van der Waals surface area contributed by atoms with Gasteiger partial charge < -0.3 is 10.4 Å². The van der Waals surface area contributed by atoms with Crippen LogP contribution < -0.4 is 5.32 Å². The third-order valence-corrected chi connectivity index (χ3v) is 7.80. The van der Waals surface area contributed by atoms with Crippen molar-refractivity contribution in [3.63, 3.8) is 0 Å². The van der Waals surface area contributed by atoms with Crippen molar-refractivity contribution in [1.82, 2.24) is 4.98 Å². The molecule has 1 aromatic heterocycles. The Bertz CT molecular complexity index is 1970. The molecule has 6 rings (SSSR count). The Morgan fingerprint density at radius 1 is 0.837 bits per heavy atom. The normalized spacial score (nSPS) is 11.7. The highest BCUT2D eigenvalue weighted by atomic mass is 32.1. The lowest BCUT2D eigenvalue weighted by atomic mass is 10.0. The van der Waals surface area contributed by atoms with Crippen molar-refractivity contribution >= 4 is 66.1 Å². The Morgan fingerprint density at radius 3 is 2.33 bits per heavy atom. The van der Waals surface area contributed by atoms with Crippen molar-refractivity contribution in [2.75, 3.05) is 5.32 Å². The molecule has 1 heterocycles. The molecule has 0 fully saturated rings. The minimum Gasteiger partial charge on any atom is -0.505 e. The van der Waals surface area contributed by atoms with Crippen molar-refractivity contribution < 1.29 is 9.90 Å². The molecule has 0 unspecified atom stereocenters. The Kier molecular flexibility index (Phi) is 8.24. The molecule has 0 radical (unpaired) electrons. The van der Waals surface area contributed by atoms with Gasteiger partial charge >= 0.3 is 0 Å². The molecule has 0 aliphatic heterocycles. The quantitative estimate of drug-likeness (QED) is 0.165. The monoisotopic (exact) mass is 584 g/mol. The number of amides is 1. The number of aromatic nitrogens is 1. The molecule has 2 N–H and O–H groups in total. The summed E-state index contributed by atoms with van der Waals surface area (Å²) in [4.78, 5) is 17.6. The van der Waals surface area contributed by atoms with E-state index in [0.717, 1.165) is 22.0 Å². The third kappa shape index (κ3) is 6.47. The number of thiazole rings is 1. The molecule has 9 heteroatoms. The van der Waals surface area contributed by atoms with E-state index >= 15 is 0 Å².